The Morgan fingerprint density at radius 1 is 0.706 bits per heavy atom. The Balaban J connectivity index is 1.38. The van der Waals surface area contributed by atoms with Crippen LogP contribution in [0.15, 0.2) is 48.8 Å². The van der Waals surface area contributed by atoms with Gasteiger partial charge < -0.3 is 10.6 Å². The summed E-state index contributed by atoms with van der Waals surface area (Å²) in [7, 11) is 0. The van der Waals surface area contributed by atoms with E-state index in [2.05, 4.69) is 20.8 Å². The molecule has 0 radical (unpaired) electrons. The molecule has 2 heterocycles. The van der Waals surface area contributed by atoms with E-state index < -0.39 is 41.2 Å². The van der Waals surface area contributed by atoms with Crippen LogP contribution in [0.4, 0.5) is 38.0 Å². The van der Waals surface area contributed by atoms with E-state index in [1.54, 1.807) is 30.5 Å². The number of nitrogens with one attached hydrogen (secondary N) is 2. The van der Waals surface area contributed by atoms with Gasteiger partial charge in [-0.15, -0.1) is 0 Å². The first kappa shape index (κ1) is 23.3. The topological polar surface area (TPSA) is 59.7 Å². The van der Waals surface area contributed by atoms with Gasteiger partial charge in [-0.1, -0.05) is 18.2 Å². The molecule has 0 amide bonds. The SMILES string of the molecule is Fc1ccccc1Cn1ccc(NC(=S)Nc2ccn(Cc3c(F)c(F)c(F)c(F)c3F)n2)n1. The zero-order valence-electron chi connectivity index (χ0n) is 17.0. The predicted molar refractivity (Wildman–Crippen MR) is 115 cm³/mol. The number of hydrogen-bond acceptors (Lipinski definition) is 3. The van der Waals surface area contributed by atoms with Crippen molar-refractivity contribution in [1.29, 1.82) is 0 Å². The normalized spacial score (nSPS) is 11.0. The molecule has 0 aliphatic carbocycles. The molecule has 13 heteroatoms. The van der Waals surface area contributed by atoms with Crippen LogP contribution >= 0.6 is 12.2 Å². The zero-order valence-corrected chi connectivity index (χ0v) is 17.8. The van der Waals surface area contributed by atoms with Gasteiger partial charge in [0.2, 0.25) is 5.82 Å². The molecule has 0 atom stereocenters. The van der Waals surface area contributed by atoms with Crippen molar-refractivity contribution in [2.24, 2.45) is 0 Å². The first-order valence-corrected chi connectivity index (χ1v) is 10.0. The van der Waals surface area contributed by atoms with Crippen molar-refractivity contribution < 1.29 is 26.3 Å². The third kappa shape index (κ3) is 4.88. The molecule has 2 N–H and O–H groups in total. The average Bonchev–Trinajstić information content (AvgIpc) is 3.44. The summed E-state index contributed by atoms with van der Waals surface area (Å²) in [4.78, 5) is 0. The third-order valence-electron chi connectivity index (χ3n) is 4.68. The van der Waals surface area contributed by atoms with E-state index in [-0.39, 0.29) is 23.3 Å². The summed E-state index contributed by atoms with van der Waals surface area (Å²) in [6.07, 6.45) is 2.89. The van der Waals surface area contributed by atoms with Crippen molar-refractivity contribution in [3.05, 3.63) is 94.8 Å². The van der Waals surface area contributed by atoms with Gasteiger partial charge in [0.1, 0.15) is 5.82 Å². The number of aromatic nitrogens is 4. The van der Waals surface area contributed by atoms with Gasteiger partial charge >= 0.3 is 0 Å². The minimum Gasteiger partial charge on any atom is -0.316 e. The Morgan fingerprint density at radius 3 is 1.76 bits per heavy atom. The van der Waals surface area contributed by atoms with E-state index in [9.17, 15) is 26.3 Å². The molecule has 0 saturated heterocycles. The van der Waals surface area contributed by atoms with Crippen molar-refractivity contribution in [2.45, 2.75) is 13.1 Å². The van der Waals surface area contributed by atoms with E-state index in [4.69, 9.17) is 12.2 Å². The van der Waals surface area contributed by atoms with Crippen LogP contribution in [-0.4, -0.2) is 24.7 Å². The molecule has 4 rings (SSSR count). The van der Waals surface area contributed by atoms with Gasteiger partial charge in [-0.05, 0) is 18.3 Å². The monoisotopic (exact) mass is 496 g/mol. The van der Waals surface area contributed by atoms with Gasteiger partial charge in [0, 0.05) is 30.1 Å². The lowest BCUT2D eigenvalue weighted by molar-refractivity contribution is 0.367. The van der Waals surface area contributed by atoms with E-state index in [1.807, 2.05) is 0 Å². The Labute approximate surface area is 193 Å². The van der Waals surface area contributed by atoms with Crippen LogP contribution in [0.2, 0.25) is 0 Å². The van der Waals surface area contributed by atoms with Gasteiger partial charge in [-0.25, -0.2) is 26.3 Å². The second-order valence-electron chi connectivity index (χ2n) is 7.02. The number of thiocarbonyl (C=S) groups is 1. The third-order valence-corrected chi connectivity index (χ3v) is 4.88. The van der Waals surface area contributed by atoms with Gasteiger partial charge in [0.05, 0.1) is 18.7 Å². The van der Waals surface area contributed by atoms with Crippen LogP contribution in [-0.2, 0) is 13.1 Å². The van der Waals surface area contributed by atoms with Crippen LogP contribution in [0.5, 0.6) is 0 Å². The molecule has 0 bridgehead atoms. The molecule has 0 fully saturated rings. The fourth-order valence-corrected chi connectivity index (χ4v) is 3.26. The van der Waals surface area contributed by atoms with E-state index in [0.717, 1.165) is 4.68 Å². The first-order chi connectivity index (χ1) is 16.2. The minimum atomic E-state index is -2.23. The molecule has 0 aliphatic heterocycles. The average molecular weight is 496 g/mol. The van der Waals surface area contributed by atoms with Gasteiger partial charge in [-0.3, -0.25) is 9.36 Å². The second kappa shape index (κ2) is 9.55. The lowest BCUT2D eigenvalue weighted by Gasteiger charge is -2.09. The molecule has 0 saturated carbocycles. The molecular formula is C21H14F6N6S. The Bertz CT molecular complexity index is 1340. The minimum absolute atomic E-state index is 0.0672. The van der Waals surface area contributed by atoms with Crippen molar-refractivity contribution in [3.63, 3.8) is 0 Å². The number of nitrogens with zero attached hydrogens (tertiary/aromatic N) is 4. The number of anilines is 2. The molecule has 0 unspecified atom stereocenters. The molecule has 176 valence electrons. The number of rotatable bonds is 6. The van der Waals surface area contributed by atoms with Crippen LogP contribution < -0.4 is 10.6 Å². The summed E-state index contributed by atoms with van der Waals surface area (Å²) in [6.45, 7) is -0.495. The molecule has 2 aromatic heterocycles. The summed E-state index contributed by atoms with van der Waals surface area (Å²) < 4.78 is 83.9. The summed E-state index contributed by atoms with van der Waals surface area (Å²) >= 11 is 5.17. The predicted octanol–water partition coefficient (Wildman–Crippen LogP) is 4.82. The maximum Gasteiger partial charge on any atom is 0.200 e. The van der Waals surface area contributed by atoms with Crippen molar-refractivity contribution in [2.75, 3.05) is 10.6 Å². The van der Waals surface area contributed by atoms with Gasteiger partial charge in [0.15, 0.2) is 40.0 Å². The lowest BCUT2D eigenvalue weighted by atomic mass is 10.1. The second-order valence-corrected chi connectivity index (χ2v) is 7.42. The molecule has 6 nitrogen and oxygen atoms in total. The van der Waals surface area contributed by atoms with Crippen LogP contribution in [0.25, 0.3) is 0 Å². The zero-order chi connectivity index (χ0) is 24.4. The van der Waals surface area contributed by atoms with Gasteiger partial charge in [0.25, 0.3) is 0 Å². The quantitative estimate of drug-likeness (QED) is 0.174. The van der Waals surface area contributed by atoms with Crippen LogP contribution in [0.3, 0.4) is 0 Å². The number of hydrogen-bond donors (Lipinski definition) is 2. The Hall–Kier alpha value is -3.87. The molecule has 0 spiro atoms. The maximum atomic E-state index is 13.9. The molecule has 4 aromatic rings. The maximum absolute atomic E-state index is 13.9. The Kier molecular flexibility index (Phi) is 6.54. The van der Waals surface area contributed by atoms with E-state index in [1.165, 1.54) is 23.0 Å². The summed E-state index contributed by atoms with van der Waals surface area (Å²) in [5.74, 6) is -9.99. The molecule has 34 heavy (non-hydrogen) atoms. The highest BCUT2D eigenvalue weighted by Gasteiger charge is 2.25. The number of halogens is 6. The van der Waals surface area contributed by atoms with Gasteiger partial charge in [-0.2, -0.15) is 10.2 Å². The molecule has 2 aromatic carbocycles. The summed E-state index contributed by atoms with van der Waals surface area (Å²) in [6, 6.07) is 9.28. The van der Waals surface area contributed by atoms with E-state index in [0.29, 0.717) is 11.4 Å². The number of benzene rings is 2. The lowest BCUT2D eigenvalue weighted by Crippen LogP contribution is -2.20. The van der Waals surface area contributed by atoms with Crippen molar-refractivity contribution in [1.82, 2.24) is 19.6 Å². The molecular weight excluding hydrogens is 482 g/mol. The highest BCUT2D eigenvalue weighted by Crippen LogP contribution is 2.24. The fraction of sp³-hybridized carbons (Fsp3) is 0.0952. The summed E-state index contributed by atoms with van der Waals surface area (Å²) in [5.41, 5.74) is -0.565. The fourth-order valence-electron chi connectivity index (χ4n) is 3.05. The molecule has 0 aliphatic rings. The highest BCUT2D eigenvalue weighted by molar-refractivity contribution is 7.80. The highest BCUT2D eigenvalue weighted by atomic mass is 32.1. The van der Waals surface area contributed by atoms with Crippen molar-refractivity contribution >= 4 is 29.0 Å². The summed E-state index contributed by atoms with van der Waals surface area (Å²) in [5, 5.41) is 13.8. The van der Waals surface area contributed by atoms with Crippen LogP contribution in [0.1, 0.15) is 11.1 Å². The standard InChI is InChI=1S/C21H14F6N6S/c22-13-4-2-1-3-11(13)9-32-7-5-14(30-32)28-21(34)29-15-6-8-33(31-15)10-12-16(23)18(25)20(27)19(26)17(12)24/h1-8H,9-10H2,(H2,28,29,30,31,34). The van der Waals surface area contributed by atoms with Crippen molar-refractivity contribution in [3.8, 4) is 0 Å². The first-order valence-electron chi connectivity index (χ1n) is 9.61. The van der Waals surface area contributed by atoms with E-state index >= 15 is 0 Å². The Morgan fingerprint density at radius 2 is 1.21 bits per heavy atom. The largest absolute Gasteiger partial charge is 0.316 e. The smallest absolute Gasteiger partial charge is 0.200 e. The van der Waals surface area contributed by atoms with Crippen LogP contribution in [0, 0.1) is 34.9 Å².